The van der Waals surface area contributed by atoms with Gasteiger partial charge in [-0.3, -0.25) is 0 Å². The maximum atomic E-state index is 6.19. The van der Waals surface area contributed by atoms with Crippen molar-refractivity contribution in [3.63, 3.8) is 0 Å². The maximum absolute atomic E-state index is 6.19. The number of piperidine rings is 1. The molecular formula is C23H37NO3. The number of hydrogen-bond donors (Lipinski definition) is 0. The van der Waals surface area contributed by atoms with Crippen molar-refractivity contribution in [2.45, 2.75) is 72.7 Å². The van der Waals surface area contributed by atoms with Gasteiger partial charge in [0.2, 0.25) is 0 Å². The second-order valence-electron chi connectivity index (χ2n) is 9.44. The maximum Gasteiger partial charge on any atom is 0.170 e. The molecule has 0 aliphatic carbocycles. The van der Waals surface area contributed by atoms with Crippen molar-refractivity contribution in [2.75, 3.05) is 26.2 Å². The van der Waals surface area contributed by atoms with E-state index >= 15 is 0 Å². The molecule has 3 unspecified atom stereocenters. The van der Waals surface area contributed by atoms with Gasteiger partial charge < -0.3 is 19.1 Å². The lowest BCUT2D eigenvalue weighted by Crippen LogP contribution is -2.44. The smallest absolute Gasteiger partial charge is 0.170 e. The fourth-order valence-electron chi connectivity index (χ4n) is 4.02. The minimum absolute atomic E-state index is 0.0247. The first-order valence-corrected chi connectivity index (χ1v) is 10.6. The molecule has 27 heavy (non-hydrogen) atoms. The SMILES string of the molecule is CC1CCCN(CC2COC(C)(C(C)(C)C)O2)C1.CCc1c2cccc1O2. The number of likely N-dealkylation sites (tertiary alicyclic amines) is 1. The van der Waals surface area contributed by atoms with Gasteiger partial charge in [0.15, 0.2) is 5.79 Å². The van der Waals surface area contributed by atoms with Crippen LogP contribution in [-0.2, 0) is 15.9 Å². The third-order valence-electron chi connectivity index (χ3n) is 6.17. The summed E-state index contributed by atoms with van der Waals surface area (Å²) in [6.07, 6.45) is 4.02. The minimum Gasteiger partial charge on any atom is -0.457 e. The van der Waals surface area contributed by atoms with Crippen LogP contribution < -0.4 is 4.74 Å². The van der Waals surface area contributed by atoms with Crippen molar-refractivity contribution >= 4 is 0 Å². The molecule has 4 heteroatoms. The monoisotopic (exact) mass is 375 g/mol. The van der Waals surface area contributed by atoms with Gasteiger partial charge in [-0.2, -0.15) is 0 Å². The van der Waals surface area contributed by atoms with Gasteiger partial charge in [0.25, 0.3) is 0 Å². The van der Waals surface area contributed by atoms with Crippen molar-refractivity contribution in [1.82, 2.24) is 4.90 Å². The van der Waals surface area contributed by atoms with Crippen molar-refractivity contribution in [2.24, 2.45) is 11.3 Å². The van der Waals surface area contributed by atoms with Crippen LogP contribution in [-0.4, -0.2) is 43.0 Å². The largest absolute Gasteiger partial charge is 0.457 e. The average molecular weight is 376 g/mol. The highest BCUT2D eigenvalue weighted by Crippen LogP contribution is 2.41. The molecule has 0 aromatic heterocycles. The molecule has 4 aliphatic rings. The van der Waals surface area contributed by atoms with Crippen LogP contribution in [0.25, 0.3) is 0 Å². The minimum atomic E-state index is -0.431. The molecule has 3 atom stereocenters. The van der Waals surface area contributed by atoms with Crippen LogP contribution >= 0.6 is 0 Å². The normalized spacial score (nSPS) is 30.1. The summed E-state index contributed by atoms with van der Waals surface area (Å²) in [5.41, 5.74) is 1.40. The van der Waals surface area contributed by atoms with Crippen LogP contribution in [0.5, 0.6) is 11.5 Å². The van der Waals surface area contributed by atoms with Crippen LogP contribution in [0.1, 0.15) is 59.9 Å². The van der Waals surface area contributed by atoms with Gasteiger partial charge in [0.1, 0.15) is 11.5 Å². The van der Waals surface area contributed by atoms with Gasteiger partial charge in [-0.05, 0) is 50.8 Å². The second kappa shape index (κ2) is 8.10. The van der Waals surface area contributed by atoms with Gasteiger partial charge in [-0.1, -0.05) is 40.7 Å². The van der Waals surface area contributed by atoms with Crippen LogP contribution in [0, 0.1) is 11.3 Å². The summed E-state index contributed by atoms with van der Waals surface area (Å²) < 4.78 is 17.4. The highest BCUT2D eigenvalue weighted by atomic mass is 16.7. The van der Waals surface area contributed by atoms with Gasteiger partial charge in [-0.15, -0.1) is 0 Å². The first kappa shape index (κ1) is 20.6. The predicted octanol–water partition coefficient (Wildman–Crippen LogP) is 5.25. The summed E-state index contributed by atoms with van der Waals surface area (Å²) in [5, 5.41) is 0. The first-order chi connectivity index (χ1) is 12.7. The molecule has 4 heterocycles. The Kier molecular flexibility index (Phi) is 6.19. The summed E-state index contributed by atoms with van der Waals surface area (Å²) in [5.74, 6) is 2.53. The van der Waals surface area contributed by atoms with E-state index in [1.165, 1.54) is 31.5 Å². The lowest BCUT2D eigenvalue weighted by molar-refractivity contribution is -0.218. The first-order valence-electron chi connectivity index (χ1n) is 10.6. The Morgan fingerprint density at radius 3 is 2.41 bits per heavy atom. The topological polar surface area (TPSA) is 30.9 Å². The Morgan fingerprint density at radius 1 is 1.22 bits per heavy atom. The van der Waals surface area contributed by atoms with Crippen molar-refractivity contribution < 1.29 is 14.2 Å². The molecule has 0 spiro atoms. The second-order valence-corrected chi connectivity index (χ2v) is 9.44. The number of aryl methyl sites for hydroxylation is 1. The number of rotatable bonds is 3. The van der Waals surface area contributed by atoms with Gasteiger partial charge in [0.05, 0.1) is 12.7 Å². The molecule has 0 saturated carbocycles. The third-order valence-corrected chi connectivity index (χ3v) is 6.17. The van der Waals surface area contributed by atoms with Gasteiger partial charge >= 0.3 is 0 Å². The van der Waals surface area contributed by atoms with Crippen molar-refractivity contribution in [1.29, 1.82) is 0 Å². The molecule has 152 valence electrons. The fraction of sp³-hybridized carbons (Fsp3) is 0.739. The predicted molar refractivity (Wildman–Crippen MR) is 109 cm³/mol. The summed E-state index contributed by atoms with van der Waals surface area (Å²) in [7, 11) is 0. The highest BCUT2D eigenvalue weighted by Gasteiger charge is 2.46. The molecule has 2 saturated heterocycles. The molecule has 0 N–H and O–H groups in total. The number of fused-ring (bicyclic) bond motifs is 2. The summed E-state index contributed by atoms with van der Waals surface area (Å²) in [4.78, 5) is 2.54. The number of hydrogen-bond acceptors (Lipinski definition) is 4. The molecule has 2 bridgehead atoms. The van der Waals surface area contributed by atoms with E-state index in [9.17, 15) is 0 Å². The molecule has 0 amide bonds. The number of benzene rings is 1. The molecule has 2 fully saturated rings. The molecule has 4 nitrogen and oxygen atoms in total. The Labute approximate surface area is 165 Å². The Morgan fingerprint density at radius 2 is 1.93 bits per heavy atom. The summed E-state index contributed by atoms with van der Waals surface area (Å²) >= 11 is 0. The van der Waals surface area contributed by atoms with Gasteiger partial charge in [-0.25, -0.2) is 0 Å². The molecule has 4 aliphatic heterocycles. The number of ether oxygens (including phenoxy) is 3. The lowest BCUT2D eigenvalue weighted by atomic mass is 9.87. The van der Waals surface area contributed by atoms with E-state index in [1.807, 2.05) is 18.2 Å². The highest BCUT2D eigenvalue weighted by molar-refractivity contribution is 5.54. The van der Waals surface area contributed by atoms with E-state index in [2.05, 4.69) is 46.4 Å². The van der Waals surface area contributed by atoms with Crippen molar-refractivity contribution in [3.05, 3.63) is 23.8 Å². The zero-order valence-corrected chi connectivity index (χ0v) is 18.0. The Hall–Kier alpha value is -1.10. The lowest BCUT2D eigenvalue weighted by Gasteiger charge is -2.37. The van der Waals surface area contributed by atoms with Gasteiger partial charge in [0, 0.05) is 24.1 Å². The third kappa shape index (κ3) is 4.67. The quantitative estimate of drug-likeness (QED) is 0.733. The molecule has 1 aromatic carbocycles. The Bertz CT molecular complexity index is 619. The average Bonchev–Trinajstić information content (AvgIpc) is 2.98. The van der Waals surface area contributed by atoms with E-state index in [0.29, 0.717) is 0 Å². The zero-order chi connectivity index (χ0) is 19.7. The van der Waals surface area contributed by atoms with E-state index in [0.717, 1.165) is 37.0 Å². The molecule has 0 radical (unpaired) electrons. The van der Waals surface area contributed by atoms with Crippen LogP contribution in [0.2, 0.25) is 0 Å². The molecular weight excluding hydrogens is 338 g/mol. The molecule has 5 rings (SSSR count). The van der Waals surface area contributed by atoms with Crippen LogP contribution in [0.15, 0.2) is 18.2 Å². The van der Waals surface area contributed by atoms with Crippen LogP contribution in [0.4, 0.5) is 0 Å². The summed E-state index contributed by atoms with van der Waals surface area (Å²) in [6, 6.07) is 6.03. The van der Waals surface area contributed by atoms with E-state index in [4.69, 9.17) is 14.2 Å². The summed E-state index contributed by atoms with van der Waals surface area (Å²) in [6.45, 7) is 17.3. The van der Waals surface area contributed by atoms with E-state index < -0.39 is 5.79 Å². The van der Waals surface area contributed by atoms with E-state index in [1.54, 1.807) is 0 Å². The van der Waals surface area contributed by atoms with Crippen LogP contribution in [0.3, 0.4) is 0 Å². The number of nitrogens with zero attached hydrogens (tertiary/aromatic N) is 1. The zero-order valence-electron chi connectivity index (χ0n) is 18.0. The van der Waals surface area contributed by atoms with Crippen molar-refractivity contribution in [3.8, 4) is 11.5 Å². The molecule has 1 aromatic rings. The fourth-order valence-corrected chi connectivity index (χ4v) is 4.02. The Balaban J connectivity index is 0.000000193. The van der Waals surface area contributed by atoms with E-state index in [-0.39, 0.29) is 11.5 Å². The standard InChI is InChI=1S/C15H29NO2.C8H8O/c1-12-7-6-8-16(9-12)10-13-11-17-15(5,18-13)14(2,3)4;1-2-6-7-4-3-5-8(6)9-7/h12-13H,6-11H2,1-5H3;3-5H,2H2,1H3.